The van der Waals surface area contributed by atoms with Gasteiger partial charge in [0.05, 0.1) is 31.7 Å². The van der Waals surface area contributed by atoms with Crippen molar-refractivity contribution in [1.29, 1.82) is 0 Å². The summed E-state index contributed by atoms with van der Waals surface area (Å²) in [6, 6.07) is -0.0504. The highest BCUT2D eigenvalue weighted by Gasteiger charge is 2.16. The first-order chi connectivity index (χ1) is 6.97. The predicted molar refractivity (Wildman–Crippen MR) is 57.7 cm³/mol. The Bertz CT molecular complexity index is 272. The van der Waals surface area contributed by atoms with Crippen LogP contribution in [0.3, 0.4) is 0 Å². The second kappa shape index (κ2) is 5.79. The molecule has 2 unspecified atom stereocenters. The van der Waals surface area contributed by atoms with Gasteiger partial charge in [-0.05, 0) is 6.92 Å². The zero-order chi connectivity index (χ0) is 11.3. The molecule has 1 fully saturated rings. The molecule has 0 bridgehead atoms. The van der Waals surface area contributed by atoms with Gasteiger partial charge >= 0.3 is 0 Å². The van der Waals surface area contributed by atoms with Gasteiger partial charge in [0.2, 0.25) is 0 Å². The fourth-order valence-corrected chi connectivity index (χ4v) is 2.53. The van der Waals surface area contributed by atoms with Crippen molar-refractivity contribution in [2.24, 2.45) is 0 Å². The van der Waals surface area contributed by atoms with E-state index in [0.717, 1.165) is 0 Å². The molecule has 0 aromatic carbocycles. The van der Waals surface area contributed by atoms with Crippen LogP contribution in [0.25, 0.3) is 0 Å². The van der Waals surface area contributed by atoms with Gasteiger partial charge in [0.15, 0.2) is 0 Å². The second-order valence-corrected chi connectivity index (χ2v) is 6.15. The standard InChI is InChI=1S/C9H19NO4S/c1-8(7-15(2,11)12)10-5-9-6-13-3-4-14-9/h8-10H,3-7H2,1-2H3. The van der Waals surface area contributed by atoms with Crippen LogP contribution in [0, 0.1) is 0 Å². The van der Waals surface area contributed by atoms with Crippen molar-refractivity contribution >= 4 is 9.84 Å². The first-order valence-electron chi connectivity index (χ1n) is 5.08. The average Bonchev–Trinajstić information content (AvgIpc) is 2.14. The highest BCUT2D eigenvalue weighted by Crippen LogP contribution is 2.00. The summed E-state index contributed by atoms with van der Waals surface area (Å²) in [4.78, 5) is 0. The first kappa shape index (κ1) is 12.9. The first-order valence-corrected chi connectivity index (χ1v) is 7.14. The van der Waals surface area contributed by atoms with Crippen LogP contribution in [0.2, 0.25) is 0 Å². The van der Waals surface area contributed by atoms with E-state index in [1.54, 1.807) is 0 Å². The molecule has 1 N–H and O–H groups in total. The number of ether oxygens (including phenoxy) is 2. The second-order valence-electron chi connectivity index (χ2n) is 3.97. The van der Waals surface area contributed by atoms with Crippen LogP contribution in [0.5, 0.6) is 0 Å². The Hall–Kier alpha value is -0.170. The third kappa shape index (κ3) is 6.09. The Balaban J connectivity index is 2.18. The summed E-state index contributed by atoms with van der Waals surface area (Å²) in [5, 5.41) is 3.12. The van der Waals surface area contributed by atoms with Crippen LogP contribution < -0.4 is 5.32 Å². The molecule has 0 aliphatic carbocycles. The quantitative estimate of drug-likeness (QED) is 0.693. The summed E-state index contributed by atoms with van der Waals surface area (Å²) in [5.41, 5.74) is 0. The molecule has 0 aromatic heterocycles. The molecule has 1 aliphatic heterocycles. The van der Waals surface area contributed by atoms with Gasteiger partial charge in [0, 0.05) is 18.8 Å². The molecule has 0 aromatic rings. The van der Waals surface area contributed by atoms with Crippen LogP contribution >= 0.6 is 0 Å². The SMILES string of the molecule is CC(CS(C)(=O)=O)NCC1COCCO1. The van der Waals surface area contributed by atoms with Crippen LogP contribution in [-0.2, 0) is 19.3 Å². The monoisotopic (exact) mass is 237 g/mol. The molecule has 1 heterocycles. The Morgan fingerprint density at radius 2 is 2.20 bits per heavy atom. The number of hydrogen-bond acceptors (Lipinski definition) is 5. The molecule has 6 heteroatoms. The minimum atomic E-state index is -2.91. The molecule has 1 rings (SSSR count). The van der Waals surface area contributed by atoms with E-state index in [-0.39, 0.29) is 17.9 Å². The summed E-state index contributed by atoms with van der Waals surface area (Å²) in [7, 11) is -2.91. The number of nitrogens with one attached hydrogen (secondary N) is 1. The molecule has 2 atom stereocenters. The van der Waals surface area contributed by atoms with E-state index >= 15 is 0 Å². The molecule has 0 radical (unpaired) electrons. The van der Waals surface area contributed by atoms with Crippen molar-refractivity contribution in [3.05, 3.63) is 0 Å². The lowest BCUT2D eigenvalue weighted by Gasteiger charge is -2.24. The van der Waals surface area contributed by atoms with Gasteiger partial charge < -0.3 is 14.8 Å². The topological polar surface area (TPSA) is 64.6 Å². The van der Waals surface area contributed by atoms with Crippen molar-refractivity contribution in [3.63, 3.8) is 0 Å². The highest BCUT2D eigenvalue weighted by atomic mass is 32.2. The van der Waals surface area contributed by atoms with Gasteiger partial charge in [-0.2, -0.15) is 0 Å². The Labute approximate surface area is 91.1 Å². The summed E-state index contributed by atoms with van der Waals surface area (Å²) in [6.45, 7) is 4.34. The van der Waals surface area contributed by atoms with E-state index in [4.69, 9.17) is 9.47 Å². The lowest BCUT2D eigenvalue weighted by molar-refractivity contribution is -0.0868. The van der Waals surface area contributed by atoms with Crippen molar-refractivity contribution < 1.29 is 17.9 Å². The molecule has 15 heavy (non-hydrogen) atoms. The molecule has 5 nitrogen and oxygen atoms in total. The predicted octanol–water partition coefficient (Wildman–Crippen LogP) is -0.575. The zero-order valence-corrected chi connectivity index (χ0v) is 10.0. The van der Waals surface area contributed by atoms with Crippen LogP contribution in [0.1, 0.15) is 6.92 Å². The van der Waals surface area contributed by atoms with Crippen LogP contribution in [-0.4, -0.2) is 58.9 Å². The highest BCUT2D eigenvalue weighted by molar-refractivity contribution is 7.90. The summed E-state index contributed by atoms with van der Waals surface area (Å²) in [5.74, 6) is 0.153. The Morgan fingerprint density at radius 1 is 1.47 bits per heavy atom. The largest absolute Gasteiger partial charge is 0.376 e. The third-order valence-electron chi connectivity index (χ3n) is 2.13. The minimum absolute atomic E-state index is 0.0424. The maximum Gasteiger partial charge on any atom is 0.148 e. The van der Waals surface area contributed by atoms with Crippen molar-refractivity contribution in [3.8, 4) is 0 Å². The molecule has 1 aliphatic rings. The number of rotatable bonds is 5. The summed E-state index contributed by atoms with van der Waals surface area (Å²) < 4.78 is 32.6. The fraction of sp³-hybridized carbons (Fsp3) is 1.00. The fourth-order valence-electron chi connectivity index (χ4n) is 1.50. The maximum atomic E-state index is 11.0. The van der Waals surface area contributed by atoms with Gasteiger partial charge in [-0.15, -0.1) is 0 Å². The molecule has 0 spiro atoms. The smallest absolute Gasteiger partial charge is 0.148 e. The van der Waals surface area contributed by atoms with E-state index in [9.17, 15) is 8.42 Å². The molecular formula is C9H19NO4S. The number of sulfone groups is 1. The lowest BCUT2D eigenvalue weighted by atomic mass is 10.3. The van der Waals surface area contributed by atoms with E-state index in [2.05, 4.69) is 5.32 Å². The molecule has 0 amide bonds. The van der Waals surface area contributed by atoms with Gasteiger partial charge in [-0.1, -0.05) is 0 Å². The summed E-state index contributed by atoms with van der Waals surface area (Å²) >= 11 is 0. The normalized spacial score (nSPS) is 25.1. The van der Waals surface area contributed by atoms with E-state index in [1.807, 2.05) is 6.92 Å². The van der Waals surface area contributed by atoms with Crippen molar-refractivity contribution in [2.75, 3.05) is 38.4 Å². The van der Waals surface area contributed by atoms with E-state index < -0.39 is 9.84 Å². The van der Waals surface area contributed by atoms with Crippen molar-refractivity contribution in [2.45, 2.75) is 19.1 Å². The maximum absolute atomic E-state index is 11.0. The van der Waals surface area contributed by atoms with E-state index in [0.29, 0.717) is 26.4 Å². The van der Waals surface area contributed by atoms with Crippen LogP contribution in [0.4, 0.5) is 0 Å². The minimum Gasteiger partial charge on any atom is -0.376 e. The molecule has 0 saturated carbocycles. The van der Waals surface area contributed by atoms with Gasteiger partial charge in [0.25, 0.3) is 0 Å². The molecule has 1 saturated heterocycles. The van der Waals surface area contributed by atoms with Crippen LogP contribution in [0.15, 0.2) is 0 Å². The molecular weight excluding hydrogens is 218 g/mol. The van der Waals surface area contributed by atoms with Gasteiger partial charge in [-0.3, -0.25) is 0 Å². The molecule has 90 valence electrons. The third-order valence-corrected chi connectivity index (χ3v) is 3.24. The Kier molecular flexibility index (Phi) is 4.98. The van der Waals surface area contributed by atoms with E-state index in [1.165, 1.54) is 6.26 Å². The average molecular weight is 237 g/mol. The van der Waals surface area contributed by atoms with Gasteiger partial charge in [-0.25, -0.2) is 8.42 Å². The lowest BCUT2D eigenvalue weighted by Crippen LogP contribution is -2.42. The summed E-state index contributed by atoms with van der Waals surface area (Å²) in [6.07, 6.45) is 1.28. The Morgan fingerprint density at radius 3 is 2.73 bits per heavy atom. The zero-order valence-electron chi connectivity index (χ0n) is 9.23. The number of hydrogen-bond donors (Lipinski definition) is 1. The van der Waals surface area contributed by atoms with Gasteiger partial charge in [0.1, 0.15) is 9.84 Å². The van der Waals surface area contributed by atoms with Crippen molar-refractivity contribution in [1.82, 2.24) is 5.32 Å².